The molecule has 1 saturated heterocycles. The zero-order valence-electron chi connectivity index (χ0n) is 9.63. The van der Waals surface area contributed by atoms with Gasteiger partial charge in [0.25, 0.3) is 0 Å². The first-order chi connectivity index (χ1) is 8.80. The summed E-state index contributed by atoms with van der Waals surface area (Å²) in [5.41, 5.74) is 13.1. The molecule has 11 heteroatoms. The summed E-state index contributed by atoms with van der Waals surface area (Å²) in [6.45, 7) is 1.23. The third-order valence-electron chi connectivity index (χ3n) is 1.99. The second-order valence-electron chi connectivity index (χ2n) is 3.40. The van der Waals surface area contributed by atoms with E-state index in [4.69, 9.17) is 20.8 Å². The average molecular weight is 283 g/mol. The highest BCUT2D eigenvalue weighted by Crippen LogP contribution is 2.11. The molecule has 0 aromatic rings. The molecular formula is C8H12F3N5O3. The van der Waals surface area contributed by atoms with Crippen molar-refractivity contribution in [1.29, 1.82) is 0 Å². The van der Waals surface area contributed by atoms with E-state index in [0.717, 1.165) is 6.54 Å². The number of carbonyl (C=O) groups is 2. The number of aldehydes is 1. The number of amides is 1. The van der Waals surface area contributed by atoms with Gasteiger partial charge in [-0.2, -0.15) is 13.2 Å². The van der Waals surface area contributed by atoms with Crippen LogP contribution in [0.1, 0.15) is 6.42 Å². The monoisotopic (exact) mass is 283 g/mol. The highest BCUT2D eigenvalue weighted by Gasteiger charge is 2.26. The lowest BCUT2D eigenvalue weighted by atomic mass is 10.0. The van der Waals surface area contributed by atoms with Crippen molar-refractivity contribution >= 4 is 12.4 Å². The van der Waals surface area contributed by atoms with Crippen LogP contribution in [0.3, 0.4) is 0 Å². The summed E-state index contributed by atoms with van der Waals surface area (Å²) in [6.07, 6.45) is -6.33. The van der Waals surface area contributed by atoms with Gasteiger partial charge in [0, 0.05) is 11.5 Å². The van der Waals surface area contributed by atoms with E-state index >= 15 is 0 Å². The van der Waals surface area contributed by atoms with E-state index in [1.165, 1.54) is 0 Å². The molecule has 19 heavy (non-hydrogen) atoms. The van der Waals surface area contributed by atoms with Crippen molar-refractivity contribution in [2.45, 2.75) is 24.7 Å². The van der Waals surface area contributed by atoms with Crippen LogP contribution in [0, 0.1) is 0 Å². The molecule has 0 aromatic heterocycles. The fourth-order valence-corrected chi connectivity index (χ4v) is 1.28. The Balaban J connectivity index is 0.000000459. The number of carbonyl (C=O) groups excluding carboxylic acids is 2. The Kier molecular flexibility index (Phi) is 7.30. The van der Waals surface area contributed by atoms with Crippen molar-refractivity contribution in [3.05, 3.63) is 10.4 Å². The standard InChI is InChI=1S/C6H11N5O2.C2HF3O/c7-6(12)13-5-3-9-2-1-4(5)10-11-8;3-2(4,5)1-6/h4-5,9H,1-3H2,(H2,7,12);1H/t4-,5+;/m1./s1. The Morgan fingerprint density at radius 2 is 2.16 bits per heavy atom. The largest absolute Gasteiger partial charge is 0.446 e. The van der Waals surface area contributed by atoms with Crippen LogP contribution >= 0.6 is 0 Å². The second-order valence-corrected chi connectivity index (χ2v) is 3.40. The Bertz CT molecular complexity index is 356. The van der Waals surface area contributed by atoms with Crippen LogP contribution in [0.15, 0.2) is 5.11 Å². The first-order valence-electron chi connectivity index (χ1n) is 5.04. The first-order valence-corrected chi connectivity index (χ1v) is 5.04. The molecule has 1 heterocycles. The van der Waals surface area contributed by atoms with Crippen molar-refractivity contribution < 1.29 is 27.5 Å². The smallest absolute Gasteiger partial charge is 0.445 e. The van der Waals surface area contributed by atoms with Crippen molar-refractivity contribution in [1.82, 2.24) is 5.32 Å². The normalized spacial score (nSPS) is 22.3. The molecular weight excluding hydrogens is 271 g/mol. The van der Waals surface area contributed by atoms with Gasteiger partial charge >= 0.3 is 12.3 Å². The fraction of sp³-hybridized carbons (Fsp3) is 0.750. The maximum absolute atomic E-state index is 10.5. The molecule has 0 bridgehead atoms. The van der Waals surface area contributed by atoms with Gasteiger partial charge in [-0.1, -0.05) is 5.11 Å². The second kappa shape index (κ2) is 8.16. The molecule has 1 fully saturated rings. The number of alkyl halides is 3. The molecule has 1 amide bonds. The Labute approximate surface area is 105 Å². The molecule has 0 aromatic carbocycles. The number of nitrogens with one attached hydrogen (secondary N) is 1. The summed E-state index contributed by atoms with van der Waals surface area (Å²) in [6, 6.07) is -0.307. The minimum absolute atomic E-state index is 0.307. The SMILES string of the molecule is O=CC(F)(F)F.[N-]=[N+]=N[C@@H]1CCNC[C@@H]1OC(N)=O. The Morgan fingerprint density at radius 3 is 2.58 bits per heavy atom. The average Bonchev–Trinajstić information content (AvgIpc) is 2.31. The molecule has 1 rings (SSSR count). The summed E-state index contributed by atoms with van der Waals surface area (Å²) in [5, 5.41) is 6.54. The molecule has 3 N–H and O–H groups in total. The molecule has 1 aliphatic rings. The van der Waals surface area contributed by atoms with Crippen LogP contribution in [-0.2, 0) is 9.53 Å². The minimum Gasteiger partial charge on any atom is -0.445 e. The number of primary amides is 1. The number of nitrogens with two attached hydrogens (primary N) is 1. The molecule has 1 aliphatic heterocycles. The van der Waals surface area contributed by atoms with Gasteiger partial charge in [0.1, 0.15) is 6.10 Å². The minimum atomic E-state index is -4.64. The van der Waals surface area contributed by atoms with Crippen molar-refractivity contribution in [2.24, 2.45) is 10.8 Å². The van der Waals surface area contributed by atoms with Crippen LogP contribution in [0.5, 0.6) is 0 Å². The predicted octanol–water partition coefficient (Wildman–Crippen LogP) is 0.870. The molecule has 0 unspecified atom stereocenters. The molecule has 0 aliphatic carbocycles. The fourth-order valence-electron chi connectivity index (χ4n) is 1.28. The summed E-state index contributed by atoms with van der Waals surface area (Å²) in [7, 11) is 0. The lowest BCUT2D eigenvalue weighted by Gasteiger charge is -2.27. The van der Waals surface area contributed by atoms with Gasteiger partial charge in [-0.3, -0.25) is 4.79 Å². The van der Waals surface area contributed by atoms with Gasteiger partial charge in [-0.15, -0.1) is 0 Å². The van der Waals surface area contributed by atoms with Gasteiger partial charge in [-0.25, -0.2) is 4.79 Å². The zero-order valence-corrected chi connectivity index (χ0v) is 9.63. The number of ether oxygens (including phenoxy) is 1. The number of azide groups is 1. The zero-order chi connectivity index (χ0) is 14.9. The predicted molar refractivity (Wildman–Crippen MR) is 57.0 cm³/mol. The Morgan fingerprint density at radius 1 is 1.58 bits per heavy atom. The van der Waals surface area contributed by atoms with E-state index in [-0.39, 0.29) is 6.04 Å². The number of piperidine rings is 1. The van der Waals surface area contributed by atoms with Gasteiger partial charge in [0.05, 0.1) is 6.04 Å². The number of rotatable bonds is 2. The van der Waals surface area contributed by atoms with Gasteiger partial charge in [-0.05, 0) is 18.5 Å². The maximum Gasteiger partial charge on any atom is 0.446 e. The van der Waals surface area contributed by atoms with E-state index < -0.39 is 24.7 Å². The van der Waals surface area contributed by atoms with Crippen LogP contribution in [0.2, 0.25) is 0 Å². The molecule has 0 radical (unpaired) electrons. The van der Waals surface area contributed by atoms with E-state index in [9.17, 15) is 18.0 Å². The van der Waals surface area contributed by atoms with Gasteiger partial charge < -0.3 is 15.8 Å². The van der Waals surface area contributed by atoms with Crippen LogP contribution in [-0.4, -0.2) is 43.8 Å². The van der Waals surface area contributed by atoms with E-state index in [1.54, 1.807) is 0 Å². The Hall–Kier alpha value is -2.00. The summed E-state index contributed by atoms with van der Waals surface area (Å²) in [4.78, 5) is 21.8. The number of hydrogen-bond acceptors (Lipinski definition) is 5. The molecule has 2 atom stereocenters. The highest BCUT2D eigenvalue weighted by atomic mass is 19.4. The van der Waals surface area contributed by atoms with Gasteiger partial charge in [0.15, 0.2) is 0 Å². The lowest BCUT2D eigenvalue weighted by molar-refractivity contribution is -0.156. The summed E-state index contributed by atoms with van der Waals surface area (Å²) in [5.74, 6) is 0. The van der Waals surface area contributed by atoms with E-state index in [1.807, 2.05) is 0 Å². The number of hydrogen-bond donors (Lipinski definition) is 2. The molecule has 0 saturated carbocycles. The maximum atomic E-state index is 10.5. The molecule has 108 valence electrons. The van der Waals surface area contributed by atoms with Crippen LogP contribution < -0.4 is 11.1 Å². The topological polar surface area (TPSA) is 130 Å². The quantitative estimate of drug-likeness (QED) is 0.337. The summed E-state index contributed by atoms with van der Waals surface area (Å²) >= 11 is 0. The summed E-state index contributed by atoms with van der Waals surface area (Å²) < 4.78 is 36.0. The third kappa shape index (κ3) is 8.69. The third-order valence-corrected chi connectivity index (χ3v) is 1.99. The molecule has 8 nitrogen and oxygen atoms in total. The van der Waals surface area contributed by atoms with Crippen LogP contribution in [0.4, 0.5) is 18.0 Å². The number of halogens is 3. The van der Waals surface area contributed by atoms with Crippen molar-refractivity contribution in [3.8, 4) is 0 Å². The van der Waals surface area contributed by atoms with Crippen molar-refractivity contribution in [2.75, 3.05) is 13.1 Å². The van der Waals surface area contributed by atoms with Crippen LogP contribution in [0.25, 0.3) is 10.4 Å². The highest BCUT2D eigenvalue weighted by molar-refractivity contribution is 5.64. The van der Waals surface area contributed by atoms with Gasteiger partial charge in [0.2, 0.25) is 6.29 Å². The number of nitrogens with zero attached hydrogens (tertiary/aromatic N) is 3. The molecule has 0 spiro atoms. The lowest BCUT2D eigenvalue weighted by Crippen LogP contribution is -2.46. The van der Waals surface area contributed by atoms with E-state index in [0.29, 0.717) is 13.0 Å². The van der Waals surface area contributed by atoms with Crippen molar-refractivity contribution in [3.63, 3.8) is 0 Å². The van der Waals surface area contributed by atoms with E-state index in [2.05, 4.69) is 15.3 Å². The first kappa shape index (κ1) is 17.0.